The van der Waals surface area contributed by atoms with Gasteiger partial charge in [-0.25, -0.2) is 9.18 Å². The minimum atomic E-state index is -1.11. The quantitative estimate of drug-likeness (QED) is 0.551. The number of anilines is 1. The average Bonchev–Trinajstić information content (AvgIpc) is 2.63. The molecule has 2 rings (SSSR count). The summed E-state index contributed by atoms with van der Waals surface area (Å²) in [4.78, 5) is 36.1. The molecule has 0 saturated heterocycles. The molecule has 0 saturated carbocycles. The molecule has 7 heteroatoms. The van der Waals surface area contributed by atoms with E-state index in [2.05, 4.69) is 5.32 Å². The fourth-order valence-corrected chi connectivity index (χ4v) is 2.51. The lowest BCUT2D eigenvalue weighted by Crippen LogP contribution is -2.25. The number of nitrogens with one attached hydrogen (secondary N) is 1. The number of Topliss-reactive ketones (excluding diaryl/α,β-unsaturated/α-hetero) is 1. The van der Waals surface area contributed by atoms with Gasteiger partial charge in [0.1, 0.15) is 5.82 Å². The topological polar surface area (TPSA) is 72.5 Å². The highest BCUT2D eigenvalue weighted by Gasteiger charge is 2.22. The summed E-state index contributed by atoms with van der Waals surface area (Å²) in [5, 5.41) is 2.90. The van der Waals surface area contributed by atoms with Gasteiger partial charge in [-0.3, -0.25) is 9.59 Å². The van der Waals surface area contributed by atoms with Gasteiger partial charge in [0.2, 0.25) is 11.7 Å². The Labute approximate surface area is 161 Å². The van der Waals surface area contributed by atoms with E-state index in [1.165, 1.54) is 25.1 Å². The Morgan fingerprint density at radius 2 is 1.81 bits per heavy atom. The van der Waals surface area contributed by atoms with Crippen molar-refractivity contribution in [1.82, 2.24) is 0 Å². The number of hydrogen-bond acceptors (Lipinski definition) is 4. The Morgan fingerprint density at radius 3 is 2.44 bits per heavy atom. The SMILES string of the molecule is CCCC(=O)Nc1ccc(C(=O)[C@@H](C)OC(=O)c2cc(Cl)ccc2F)cc1. The lowest BCUT2D eigenvalue weighted by Gasteiger charge is -2.13. The van der Waals surface area contributed by atoms with E-state index >= 15 is 0 Å². The lowest BCUT2D eigenvalue weighted by atomic mass is 10.1. The van der Waals surface area contributed by atoms with Crippen LogP contribution in [0.5, 0.6) is 0 Å². The minimum Gasteiger partial charge on any atom is -0.451 e. The third-order valence-electron chi connectivity index (χ3n) is 3.73. The monoisotopic (exact) mass is 391 g/mol. The van der Waals surface area contributed by atoms with E-state index < -0.39 is 23.7 Å². The first-order chi connectivity index (χ1) is 12.8. The molecule has 0 aliphatic heterocycles. The van der Waals surface area contributed by atoms with Crippen LogP contribution in [0.25, 0.3) is 0 Å². The molecule has 1 N–H and O–H groups in total. The van der Waals surface area contributed by atoms with Gasteiger partial charge in [-0.1, -0.05) is 18.5 Å². The first-order valence-corrected chi connectivity index (χ1v) is 8.79. The molecule has 0 fully saturated rings. The molecule has 0 spiro atoms. The van der Waals surface area contributed by atoms with E-state index in [-0.39, 0.29) is 16.5 Å². The zero-order valence-corrected chi connectivity index (χ0v) is 15.7. The number of carbonyl (C=O) groups is 3. The highest BCUT2D eigenvalue weighted by molar-refractivity contribution is 6.30. The summed E-state index contributed by atoms with van der Waals surface area (Å²) >= 11 is 5.76. The van der Waals surface area contributed by atoms with Crippen LogP contribution in [0.2, 0.25) is 5.02 Å². The van der Waals surface area contributed by atoms with Crippen molar-refractivity contribution >= 4 is 34.9 Å². The molecule has 2 aromatic carbocycles. The Bertz CT molecular complexity index is 852. The molecule has 142 valence electrons. The van der Waals surface area contributed by atoms with Crippen molar-refractivity contribution in [2.75, 3.05) is 5.32 Å². The molecule has 0 unspecified atom stereocenters. The largest absolute Gasteiger partial charge is 0.451 e. The van der Waals surface area contributed by atoms with Crippen LogP contribution in [-0.2, 0) is 9.53 Å². The van der Waals surface area contributed by atoms with E-state index in [0.29, 0.717) is 17.7 Å². The Hall–Kier alpha value is -2.73. The number of hydrogen-bond donors (Lipinski definition) is 1. The summed E-state index contributed by atoms with van der Waals surface area (Å²) in [6.45, 7) is 3.30. The second kappa shape index (κ2) is 9.28. The second-order valence-electron chi connectivity index (χ2n) is 5.91. The van der Waals surface area contributed by atoms with Gasteiger partial charge in [0.05, 0.1) is 5.56 Å². The summed E-state index contributed by atoms with van der Waals surface area (Å²) < 4.78 is 18.8. The summed E-state index contributed by atoms with van der Waals surface area (Å²) in [7, 11) is 0. The molecule has 0 aliphatic rings. The standard InChI is InChI=1S/C20H19ClFNO4/c1-3-4-18(24)23-15-8-5-13(6-9-15)19(25)12(2)27-20(26)16-11-14(21)7-10-17(16)22/h5-12H,3-4H2,1-2H3,(H,23,24)/t12-/m1/s1. The van der Waals surface area contributed by atoms with E-state index in [1.54, 1.807) is 12.1 Å². The number of amides is 1. The molecule has 0 aromatic heterocycles. The van der Waals surface area contributed by atoms with Gasteiger partial charge < -0.3 is 10.1 Å². The van der Waals surface area contributed by atoms with Crippen LogP contribution in [-0.4, -0.2) is 23.8 Å². The summed E-state index contributed by atoms with van der Waals surface area (Å²) in [6, 6.07) is 9.73. The van der Waals surface area contributed by atoms with Crippen molar-refractivity contribution in [3.8, 4) is 0 Å². The van der Waals surface area contributed by atoms with Crippen LogP contribution in [0, 0.1) is 5.82 Å². The number of benzene rings is 2. The number of esters is 1. The smallest absolute Gasteiger partial charge is 0.341 e. The number of rotatable bonds is 7. The van der Waals surface area contributed by atoms with Gasteiger partial charge in [-0.15, -0.1) is 0 Å². The third-order valence-corrected chi connectivity index (χ3v) is 3.97. The molecule has 5 nitrogen and oxygen atoms in total. The van der Waals surface area contributed by atoms with Crippen molar-refractivity contribution in [2.24, 2.45) is 0 Å². The van der Waals surface area contributed by atoms with E-state index in [9.17, 15) is 18.8 Å². The van der Waals surface area contributed by atoms with Crippen molar-refractivity contribution in [3.63, 3.8) is 0 Å². The van der Waals surface area contributed by atoms with Crippen molar-refractivity contribution in [2.45, 2.75) is 32.8 Å². The van der Waals surface area contributed by atoms with Gasteiger partial charge in [-0.05, 0) is 55.8 Å². The van der Waals surface area contributed by atoms with Gasteiger partial charge in [0.15, 0.2) is 6.10 Å². The zero-order valence-electron chi connectivity index (χ0n) is 14.9. The van der Waals surface area contributed by atoms with Gasteiger partial charge >= 0.3 is 5.97 Å². The Morgan fingerprint density at radius 1 is 1.15 bits per heavy atom. The molecule has 1 atom stereocenters. The molecule has 1 amide bonds. The van der Waals surface area contributed by atoms with Crippen LogP contribution in [0.4, 0.5) is 10.1 Å². The van der Waals surface area contributed by atoms with Crippen LogP contribution in [0.15, 0.2) is 42.5 Å². The summed E-state index contributed by atoms with van der Waals surface area (Å²) in [5.74, 6) is -2.31. The lowest BCUT2D eigenvalue weighted by molar-refractivity contribution is -0.116. The highest BCUT2D eigenvalue weighted by Crippen LogP contribution is 2.18. The van der Waals surface area contributed by atoms with E-state index in [0.717, 1.165) is 18.6 Å². The highest BCUT2D eigenvalue weighted by atomic mass is 35.5. The molecule has 0 bridgehead atoms. The van der Waals surface area contributed by atoms with Gasteiger partial charge in [0, 0.05) is 22.7 Å². The van der Waals surface area contributed by atoms with Crippen molar-refractivity contribution in [3.05, 3.63) is 64.4 Å². The first-order valence-electron chi connectivity index (χ1n) is 8.42. The first kappa shape index (κ1) is 20.6. The number of ketones is 1. The molecule has 2 aromatic rings. The normalized spacial score (nSPS) is 11.6. The maximum Gasteiger partial charge on any atom is 0.341 e. The molecule has 0 aliphatic carbocycles. The van der Waals surface area contributed by atoms with Gasteiger partial charge in [0.25, 0.3) is 0 Å². The maximum atomic E-state index is 13.7. The fraction of sp³-hybridized carbons (Fsp3) is 0.250. The predicted octanol–water partition coefficient (Wildman–Crippen LogP) is 4.65. The summed E-state index contributed by atoms with van der Waals surface area (Å²) in [5.41, 5.74) is 0.530. The third kappa shape index (κ3) is 5.62. The van der Waals surface area contributed by atoms with Crippen LogP contribution in [0.3, 0.4) is 0 Å². The molecule has 0 heterocycles. The van der Waals surface area contributed by atoms with Crippen molar-refractivity contribution in [1.29, 1.82) is 0 Å². The number of carbonyl (C=O) groups excluding carboxylic acids is 3. The average molecular weight is 392 g/mol. The van der Waals surface area contributed by atoms with Crippen LogP contribution >= 0.6 is 11.6 Å². The fourth-order valence-electron chi connectivity index (χ4n) is 2.33. The maximum absolute atomic E-state index is 13.7. The molecular formula is C20H19ClFNO4. The van der Waals surface area contributed by atoms with E-state index in [1.807, 2.05) is 6.92 Å². The minimum absolute atomic E-state index is 0.109. The zero-order chi connectivity index (χ0) is 20.0. The van der Waals surface area contributed by atoms with Crippen LogP contribution in [0.1, 0.15) is 47.4 Å². The Kier molecular flexibility index (Phi) is 7.07. The van der Waals surface area contributed by atoms with Gasteiger partial charge in [-0.2, -0.15) is 0 Å². The molecule has 0 radical (unpaired) electrons. The number of ether oxygens (including phenoxy) is 1. The van der Waals surface area contributed by atoms with Crippen molar-refractivity contribution < 1.29 is 23.5 Å². The summed E-state index contributed by atoms with van der Waals surface area (Å²) in [6.07, 6.45) is 0.0306. The second-order valence-corrected chi connectivity index (χ2v) is 6.35. The number of halogens is 2. The molecule has 27 heavy (non-hydrogen) atoms. The van der Waals surface area contributed by atoms with Crippen LogP contribution < -0.4 is 5.32 Å². The Balaban J connectivity index is 2.03. The van der Waals surface area contributed by atoms with E-state index in [4.69, 9.17) is 16.3 Å². The molecular weight excluding hydrogens is 373 g/mol. The predicted molar refractivity (Wildman–Crippen MR) is 101 cm³/mol.